The number of rotatable bonds is 8. The van der Waals surface area contributed by atoms with Crippen molar-refractivity contribution < 1.29 is 5.11 Å². The smallest absolute Gasteiger partial charge is 0.172 e. The first kappa shape index (κ1) is 30.4. The highest BCUT2D eigenvalue weighted by atomic mass is 79.9. The Balaban J connectivity index is 0.000000401. The number of fused-ring (bicyclic) bond motifs is 1. The number of aryl methyl sites for hydroxylation is 1. The van der Waals surface area contributed by atoms with Crippen molar-refractivity contribution in [2.75, 3.05) is 18.5 Å². The topological polar surface area (TPSA) is 74.5 Å². The molecule has 5 rings (SSSR count). The number of aliphatic hydroxyl groups excluding tert-OH is 1. The van der Waals surface area contributed by atoms with Gasteiger partial charge in [0.2, 0.25) is 0 Å². The minimum absolute atomic E-state index is 0.200. The van der Waals surface area contributed by atoms with Crippen LogP contribution >= 0.6 is 27.9 Å². The molecule has 3 N–H and O–H groups in total. The van der Waals surface area contributed by atoms with E-state index in [0.29, 0.717) is 0 Å². The Labute approximate surface area is 244 Å². The van der Waals surface area contributed by atoms with E-state index in [1.807, 2.05) is 50.2 Å². The highest BCUT2D eigenvalue weighted by Gasteiger charge is 2.12. The largest absolute Gasteiger partial charge is 0.396 e. The van der Waals surface area contributed by atoms with Crippen molar-refractivity contribution in [2.45, 2.75) is 38.5 Å². The average molecular weight is 607 g/mol. The number of aromatic nitrogens is 3. The lowest BCUT2D eigenvalue weighted by Gasteiger charge is -2.12. The second-order valence-corrected chi connectivity index (χ2v) is 10.1. The summed E-state index contributed by atoms with van der Waals surface area (Å²) in [4.78, 5) is 5.91. The number of anilines is 2. The van der Waals surface area contributed by atoms with Crippen LogP contribution in [0.25, 0.3) is 11.2 Å². The van der Waals surface area contributed by atoms with E-state index in [2.05, 4.69) is 92.6 Å². The molecule has 0 spiro atoms. The molecule has 2 heterocycles. The maximum atomic E-state index is 8.85. The zero-order chi connectivity index (χ0) is 27.9. The Morgan fingerprint density at radius 3 is 2.51 bits per heavy atom. The molecule has 2 aromatic carbocycles. The van der Waals surface area contributed by atoms with Crippen LogP contribution in [-0.4, -0.2) is 32.9 Å². The second kappa shape index (κ2) is 16.7. The van der Waals surface area contributed by atoms with Gasteiger partial charge in [-0.1, -0.05) is 80.1 Å². The summed E-state index contributed by atoms with van der Waals surface area (Å²) in [6.07, 6.45) is 13.9. The summed E-state index contributed by atoms with van der Waals surface area (Å²) in [6, 6.07) is 20.5. The van der Waals surface area contributed by atoms with Crippen LogP contribution in [0.5, 0.6) is 0 Å². The van der Waals surface area contributed by atoms with E-state index < -0.39 is 0 Å². The maximum absolute atomic E-state index is 8.85. The first-order valence-corrected chi connectivity index (χ1v) is 14.7. The molecule has 2 aromatic heterocycles. The number of allylic oxidation sites excluding steroid dienone is 6. The molecule has 0 atom stereocenters. The Morgan fingerprint density at radius 2 is 1.82 bits per heavy atom. The van der Waals surface area contributed by atoms with E-state index in [0.717, 1.165) is 57.2 Å². The van der Waals surface area contributed by atoms with Gasteiger partial charge in [-0.05, 0) is 71.9 Å². The number of nitrogens with one attached hydrogen (secondary N) is 2. The third kappa shape index (κ3) is 9.51. The molecular formula is C31H36BrN5OS. The van der Waals surface area contributed by atoms with Gasteiger partial charge in [-0.25, -0.2) is 4.98 Å². The fourth-order valence-electron chi connectivity index (χ4n) is 3.50. The molecule has 6 nitrogen and oxygen atoms in total. The van der Waals surface area contributed by atoms with Gasteiger partial charge in [0.25, 0.3) is 0 Å². The van der Waals surface area contributed by atoms with Gasteiger partial charge >= 0.3 is 0 Å². The van der Waals surface area contributed by atoms with Gasteiger partial charge in [0.1, 0.15) is 5.82 Å². The average Bonchev–Trinajstić information content (AvgIpc) is 3.16. The summed E-state index contributed by atoms with van der Waals surface area (Å²) in [5, 5.41) is 16.8. The predicted octanol–water partition coefficient (Wildman–Crippen LogP) is 8.14. The van der Waals surface area contributed by atoms with Crippen LogP contribution in [0.3, 0.4) is 0 Å². The Kier molecular flexibility index (Phi) is 13.0. The SMILES string of the molecule is CC.Cc1ccccc1.OCCCNSc1ccc(Nc2cc(C3=CC=CCC=C3)nc3c(Br)cnn23)cc1. The van der Waals surface area contributed by atoms with Crippen molar-refractivity contribution >= 4 is 50.6 Å². The highest BCUT2D eigenvalue weighted by molar-refractivity contribution is 9.10. The van der Waals surface area contributed by atoms with Crippen molar-refractivity contribution in [3.8, 4) is 0 Å². The Morgan fingerprint density at radius 1 is 1.05 bits per heavy atom. The lowest BCUT2D eigenvalue weighted by molar-refractivity contribution is 0.290. The van der Waals surface area contributed by atoms with Gasteiger partial charge in [-0.2, -0.15) is 9.61 Å². The standard InChI is InChI=1S/C22H22BrN5OS.C7H8.C2H6/c23-19-15-24-28-21(14-20(27-22(19)28)16-6-3-1-2-4-7-16)26-17-8-10-18(11-9-17)30-25-12-5-13-29;1-7-5-3-2-4-6-7;1-2/h1,3-4,6-11,14-15,25-26,29H,2,5,12-13H2;2-6H,1H3;1-2H3. The number of benzene rings is 2. The van der Waals surface area contributed by atoms with Crippen LogP contribution in [0.15, 0.2) is 107 Å². The number of halogens is 1. The van der Waals surface area contributed by atoms with Gasteiger partial charge in [-0.3, -0.25) is 4.72 Å². The number of nitrogens with zero attached hydrogens (tertiary/aromatic N) is 3. The molecule has 0 saturated heterocycles. The molecule has 4 aromatic rings. The zero-order valence-electron chi connectivity index (χ0n) is 22.6. The number of aliphatic hydroxyl groups is 1. The summed E-state index contributed by atoms with van der Waals surface area (Å²) >= 11 is 5.11. The molecule has 0 bridgehead atoms. The van der Waals surface area contributed by atoms with Gasteiger partial charge < -0.3 is 10.4 Å². The van der Waals surface area contributed by atoms with Gasteiger partial charge in [0.05, 0.1) is 16.4 Å². The molecule has 39 heavy (non-hydrogen) atoms. The summed E-state index contributed by atoms with van der Waals surface area (Å²) < 4.78 is 5.88. The first-order chi connectivity index (χ1) is 19.1. The van der Waals surface area contributed by atoms with Crippen LogP contribution in [0.1, 0.15) is 37.9 Å². The third-order valence-corrected chi connectivity index (χ3v) is 6.82. The maximum Gasteiger partial charge on any atom is 0.172 e. The lowest BCUT2D eigenvalue weighted by atomic mass is 10.1. The summed E-state index contributed by atoms with van der Waals surface area (Å²) in [6.45, 7) is 7.05. The zero-order valence-corrected chi connectivity index (χ0v) is 25.0. The normalized spacial score (nSPS) is 12.1. The molecule has 0 amide bonds. The van der Waals surface area contributed by atoms with Gasteiger partial charge in [0, 0.05) is 35.4 Å². The monoisotopic (exact) mass is 605 g/mol. The van der Waals surface area contributed by atoms with Crippen LogP contribution in [0.4, 0.5) is 11.5 Å². The second-order valence-electron chi connectivity index (χ2n) is 8.32. The van der Waals surface area contributed by atoms with Crippen molar-refractivity contribution in [3.63, 3.8) is 0 Å². The molecule has 8 heteroatoms. The molecule has 1 aliphatic carbocycles. The van der Waals surface area contributed by atoms with Crippen molar-refractivity contribution in [2.24, 2.45) is 0 Å². The van der Waals surface area contributed by atoms with E-state index in [1.54, 1.807) is 22.7 Å². The molecule has 0 unspecified atom stereocenters. The fourth-order valence-corrected chi connectivity index (χ4v) is 4.53. The van der Waals surface area contributed by atoms with E-state index in [9.17, 15) is 0 Å². The van der Waals surface area contributed by atoms with Crippen LogP contribution in [0.2, 0.25) is 0 Å². The molecule has 0 fully saturated rings. The number of hydrogen-bond acceptors (Lipinski definition) is 6. The lowest BCUT2D eigenvalue weighted by Crippen LogP contribution is -2.06. The minimum atomic E-state index is 0.200. The quantitative estimate of drug-likeness (QED) is 0.139. The highest BCUT2D eigenvalue weighted by Crippen LogP contribution is 2.27. The van der Waals surface area contributed by atoms with Crippen LogP contribution in [-0.2, 0) is 0 Å². The van der Waals surface area contributed by atoms with Crippen molar-refractivity contribution in [1.82, 2.24) is 19.3 Å². The van der Waals surface area contributed by atoms with Gasteiger partial charge in [0.15, 0.2) is 5.65 Å². The van der Waals surface area contributed by atoms with Crippen LogP contribution < -0.4 is 10.0 Å². The van der Waals surface area contributed by atoms with Crippen LogP contribution in [0, 0.1) is 6.92 Å². The third-order valence-electron chi connectivity index (χ3n) is 5.40. The molecule has 204 valence electrons. The summed E-state index contributed by atoms with van der Waals surface area (Å²) in [5.74, 6) is 0.838. The predicted molar refractivity (Wildman–Crippen MR) is 169 cm³/mol. The summed E-state index contributed by atoms with van der Waals surface area (Å²) in [7, 11) is 0. The number of hydrogen-bond donors (Lipinski definition) is 3. The molecule has 0 radical (unpaired) electrons. The molecule has 0 aliphatic heterocycles. The fraction of sp³-hybridized carbons (Fsp3) is 0.226. The molecule has 0 saturated carbocycles. The van der Waals surface area contributed by atoms with E-state index in [4.69, 9.17) is 10.1 Å². The molecular weight excluding hydrogens is 570 g/mol. The Hall–Kier alpha value is -3.17. The minimum Gasteiger partial charge on any atom is -0.396 e. The van der Waals surface area contributed by atoms with Crippen molar-refractivity contribution in [3.05, 3.63) is 113 Å². The van der Waals surface area contributed by atoms with Gasteiger partial charge in [-0.15, -0.1) is 0 Å². The molecule has 1 aliphatic rings. The van der Waals surface area contributed by atoms with E-state index in [1.165, 1.54) is 5.56 Å². The van der Waals surface area contributed by atoms with Crippen molar-refractivity contribution in [1.29, 1.82) is 0 Å². The van der Waals surface area contributed by atoms with E-state index in [-0.39, 0.29) is 6.61 Å². The van der Waals surface area contributed by atoms with E-state index >= 15 is 0 Å². The Bertz CT molecular complexity index is 1380. The first-order valence-electron chi connectivity index (χ1n) is 13.1. The summed E-state index contributed by atoms with van der Waals surface area (Å²) in [5.41, 5.74) is 4.99.